The summed E-state index contributed by atoms with van der Waals surface area (Å²) in [5, 5.41) is 0. The lowest BCUT2D eigenvalue weighted by atomic mass is 9.89. The lowest BCUT2D eigenvalue weighted by molar-refractivity contribution is 0.359. The van der Waals surface area contributed by atoms with Gasteiger partial charge < -0.3 is 0 Å². The number of hydrogen-bond donors (Lipinski definition) is 1. The summed E-state index contributed by atoms with van der Waals surface area (Å²) >= 11 is 0. The zero-order valence-electron chi connectivity index (χ0n) is 13.0. The number of nitrogens with one attached hydrogen (secondary N) is 1. The Hall–Kier alpha value is -0.870. The zero-order valence-corrected chi connectivity index (χ0v) is 13.8. The van der Waals surface area contributed by atoms with Gasteiger partial charge in [0, 0.05) is 6.54 Å². The highest BCUT2D eigenvalue weighted by molar-refractivity contribution is 7.89. The van der Waals surface area contributed by atoms with Gasteiger partial charge in [0.25, 0.3) is 0 Å². The molecule has 1 N–H and O–H groups in total. The molecule has 1 fully saturated rings. The summed E-state index contributed by atoms with van der Waals surface area (Å²) in [5.74, 6) is 0.686. The van der Waals surface area contributed by atoms with Crippen molar-refractivity contribution < 1.29 is 8.42 Å². The molecule has 0 unspecified atom stereocenters. The van der Waals surface area contributed by atoms with Gasteiger partial charge in [0.15, 0.2) is 0 Å². The molecule has 0 bridgehead atoms. The SMILES string of the molecule is Cc1ccc(S(=O)(=O)NCCC2CCCCCCC2)cc1. The smallest absolute Gasteiger partial charge is 0.211 e. The molecule has 0 heterocycles. The molecule has 0 atom stereocenters. The van der Waals surface area contributed by atoms with E-state index in [0.717, 1.165) is 12.0 Å². The van der Waals surface area contributed by atoms with E-state index in [1.165, 1.54) is 44.9 Å². The molecule has 1 aliphatic rings. The van der Waals surface area contributed by atoms with Crippen LogP contribution in [-0.4, -0.2) is 15.0 Å². The second kappa shape index (κ2) is 7.95. The van der Waals surface area contributed by atoms with Crippen molar-refractivity contribution in [3.05, 3.63) is 29.8 Å². The van der Waals surface area contributed by atoms with Crippen LogP contribution in [0.4, 0.5) is 0 Å². The highest BCUT2D eigenvalue weighted by Crippen LogP contribution is 2.24. The number of aryl methyl sites for hydroxylation is 1. The van der Waals surface area contributed by atoms with Gasteiger partial charge in [-0.25, -0.2) is 13.1 Å². The van der Waals surface area contributed by atoms with Gasteiger partial charge in [0.1, 0.15) is 0 Å². The maximum atomic E-state index is 12.2. The first-order valence-electron chi connectivity index (χ1n) is 8.14. The van der Waals surface area contributed by atoms with E-state index in [9.17, 15) is 8.42 Å². The Balaban J connectivity index is 1.82. The molecule has 118 valence electrons. The minimum atomic E-state index is -3.34. The fraction of sp³-hybridized carbons (Fsp3) is 0.647. The van der Waals surface area contributed by atoms with Gasteiger partial charge in [-0.15, -0.1) is 0 Å². The highest BCUT2D eigenvalue weighted by Gasteiger charge is 2.15. The van der Waals surface area contributed by atoms with E-state index < -0.39 is 10.0 Å². The molecule has 0 amide bonds. The predicted molar refractivity (Wildman–Crippen MR) is 86.8 cm³/mol. The summed E-state index contributed by atoms with van der Waals surface area (Å²) in [6, 6.07) is 7.02. The second-order valence-electron chi connectivity index (χ2n) is 6.21. The van der Waals surface area contributed by atoms with Crippen LogP contribution in [0.1, 0.15) is 56.9 Å². The molecule has 0 aliphatic heterocycles. The van der Waals surface area contributed by atoms with Crippen molar-refractivity contribution in [1.82, 2.24) is 4.72 Å². The van der Waals surface area contributed by atoms with E-state index in [-0.39, 0.29) is 0 Å². The van der Waals surface area contributed by atoms with Gasteiger partial charge in [-0.1, -0.05) is 62.6 Å². The molecule has 1 aliphatic carbocycles. The van der Waals surface area contributed by atoms with Crippen molar-refractivity contribution in [2.24, 2.45) is 5.92 Å². The first kappa shape index (κ1) is 16.5. The summed E-state index contributed by atoms with van der Waals surface area (Å²) in [4.78, 5) is 0.366. The van der Waals surface area contributed by atoms with E-state index in [0.29, 0.717) is 17.4 Å². The molecular formula is C17H27NO2S. The van der Waals surface area contributed by atoms with Crippen LogP contribution in [0.25, 0.3) is 0 Å². The van der Waals surface area contributed by atoms with Gasteiger partial charge in [-0.2, -0.15) is 0 Å². The highest BCUT2D eigenvalue weighted by atomic mass is 32.2. The number of benzene rings is 1. The zero-order chi connectivity index (χ0) is 15.1. The lowest BCUT2D eigenvalue weighted by Crippen LogP contribution is -2.26. The van der Waals surface area contributed by atoms with Crippen molar-refractivity contribution in [3.63, 3.8) is 0 Å². The van der Waals surface area contributed by atoms with Crippen molar-refractivity contribution in [1.29, 1.82) is 0 Å². The van der Waals surface area contributed by atoms with Crippen LogP contribution in [-0.2, 0) is 10.0 Å². The first-order valence-corrected chi connectivity index (χ1v) is 9.62. The molecule has 1 saturated carbocycles. The summed E-state index contributed by atoms with van der Waals surface area (Å²) in [7, 11) is -3.34. The molecule has 0 radical (unpaired) electrons. The minimum absolute atomic E-state index is 0.366. The Morgan fingerprint density at radius 3 is 2.19 bits per heavy atom. The number of sulfonamides is 1. The van der Waals surface area contributed by atoms with Gasteiger partial charge in [0.2, 0.25) is 10.0 Å². The quantitative estimate of drug-likeness (QED) is 0.892. The summed E-state index contributed by atoms with van der Waals surface area (Å²) in [5.41, 5.74) is 1.07. The lowest BCUT2D eigenvalue weighted by Gasteiger charge is -2.19. The van der Waals surface area contributed by atoms with E-state index >= 15 is 0 Å². The third-order valence-electron chi connectivity index (χ3n) is 4.40. The average Bonchev–Trinajstić information content (AvgIpc) is 2.41. The molecule has 0 aromatic heterocycles. The Kier molecular flexibility index (Phi) is 6.24. The third-order valence-corrected chi connectivity index (χ3v) is 5.88. The van der Waals surface area contributed by atoms with Gasteiger partial charge in [-0.05, 0) is 31.4 Å². The summed E-state index contributed by atoms with van der Waals surface area (Å²) in [6.07, 6.45) is 10.1. The van der Waals surface area contributed by atoms with Gasteiger partial charge in [0.05, 0.1) is 4.90 Å². The van der Waals surface area contributed by atoms with Crippen LogP contribution < -0.4 is 4.72 Å². The maximum Gasteiger partial charge on any atom is 0.240 e. The second-order valence-corrected chi connectivity index (χ2v) is 7.98. The standard InChI is InChI=1S/C17H27NO2S/c1-15-9-11-17(12-10-15)21(19,20)18-14-13-16-7-5-3-2-4-6-8-16/h9-12,16,18H,2-8,13-14H2,1H3. The van der Waals surface area contributed by atoms with E-state index in [1.807, 2.05) is 19.1 Å². The minimum Gasteiger partial charge on any atom is -0.211 e. The molecule has 3 nitrogen and oxygen atoms in total. The van der Waals surface area contributed by atoms with Crippen molar-refractivity contribution in [2.45, 2.75) is 63.2 Å². The van der Waals surface area contributed by atoms with E-state index in [4.69, 9.17) is 0 Å². The number of rotatable bonds is 5. The predicted octanol–water partition coefficient (Wildman–Crippen LogP) is 4.02. The fourth-order valence-electron chi connectivity index (χ4n) is 3.03. The molecule has 4 heteroatoms. The third kappa shape index (κ3) is 5.44. The average molecular weight is 309 g/mol. The van der Waals surface area contributed by atoms with Crippen LogP contribution >= 0.6 is 0 Å². The Morgan fingerprint density at radius 1 is 1.00 bits per heavy atom. The topological polar surface area (TPSA) is 46.2 Å². The first-order chi connectivity index (χ1) is 10.1. The molecule has 0 saturated heterocycles. The monoisotopic (exact) mass is 309 g/mol. The van der Waals surface area contributed by atoms with Gasteiger partial charge >= 0.3 is 0 Å². The van der Waals surface area contributed by atoms with Gasteiger partial charge in [-0.3, -0.25) is 0 Å². The largest absolute Gasteiger partial charge is 0.240 e. The molecule has 2 rings (SSSR count). The molecule has 1 aromatic rings. The molecule has 21 heavy (non-hydrogen) atoms. The van der Waals surface area contributed by atoms with Crippen molar-refractivity contribution in [3.8, 4) is 0 Å². The van der Waals surface area contributed by atoms with E-state index in [1.54, 1.807) is 12.1 Å². The Bertz CT molecular complexity index is 514. The Morgan fingerprint density at radius 2 is 1.57 bits per heavy atom. The molecule has 0 spiro atoms. The molecular weight excluding hydrogens is 282 g/mol. The Labute approximate surface area is 129 Å². The van der Waals surface area contributed by atoms with Crippen molar-refractivity contribution >= 4 is 10.0 Å². The van der Waals surface area contributed by atoms with Crippen molar-refractivity contribution in [2.75, 3.05) is 6.54 Å². The fourth-order valence-corrected chi connectivity index (χ4v) is 4.08. The number of hydrogen-bond acceptors (Lipinski definition) is 2. The normalized spacial score (nSPS) is 18.1. The van der Waals surface area contributed by atoms with Crippen LogP contribution in [0.15, 0.2) is 29.2 Å². The van der Waals surface area contributed by atoms with E-state index in [2.05, 4.69) is 4.72 Å². The maximum absolute atomic E-state index is 12.2. The van der Waals surface area contributed by atoms with Crippen LogP contribution in [0.5, 0.6) is 0 Å². The molecule has 1 aromatic carbocycles. The summed E-state index contributed by atoms with van der Waals surface area (Å²) in [6.45, 7) is 2.51. The summed E-state index contributed by atoms with van der Waals surface area (Å²) < 4.78 is 27.1. The van der Waals surface area contributed by atoms with Crippen LogP contribution in [0.3, 0.4) is 0 Å². The van der Waals surface area contributed by atoms with Crippen LogP contribution in [0, 0.1) is 12.8 Å². The van der Waals surface area contributed by atoms with Crippen LogP contribution in [0.2, 0.25) is 0 Å².